The standard InChI is InChI=1S/C17H17NO3S/c1-21-12-8-6-11(7-9-12)16-13(10-19)17(20)18-14-4-2-3-5-15(14)22-16/h2-9,13,16,19H,10H2,1H3,(H,18,20). The summed E-state index contributed by atoms with van der Waals surface area (Å²) in [7, 11) is 1.62. The number of carbonyl (C=O) groups is 1. The number of hydrogen-bond donors (Lipinski definition) is 2. The third-order valence-electron chi connectivity index (χ3n) is 3.74. The van der Waals surface area contributed by atoms with Gasteiger partial charge in [-0.1, -0.05) is 24.3 Å². The highest BCUT2D eigenvalue weighted by atomic mass is 32.2. The first-order chi connectivity index (χ1) is 10.7. The molecule has 0 aromatic heterocycles. The van der Waals surface area contributed by atoms with Crippen molar-refractivity contribution >= 4 is 23.4 Å². The lowest BCUT2D eigenvalue weighted by Crippen LogP contribution is -2.28. The molecule has 2 aromatic rings. The van der Waals surface area contributed by atoms with Crippen LogP contribution in [-0.4, -0.2) is 24.7 Å². The summed E-state index contributed by atoms with van der Waals surface area (Å²) in [4.78, 5) is 13.4. The molecule has 1 aliphatic rings. The smallest absolute Gasteiger partial charge is 0.231 e. The maximum atomic E-state index is 12.4. The largest absolute Gasteiger partial charge is 0.497 e. The van der Waals surface area contributed by atoms with E-state index in [0.717, 1.165) is 21.9 Å². The predicted octanol–water partition coefficient (Wildman–Crippen LogP) is 3.09. The molecule has 0 spiro atoms. The molecule has 1 aliphatic heterocycles. The molecule has 0 saturated heterocycles. The number of para-hydroxylation sites is 1. The minimum Gasteiger partial charge on any atom is -0.497 e. The Kier molecular flexibility index (Phi) is 4.36. The number of ether oxygens (including phenoxy) is 1. The number of carbonyl (C=O) groups excluding carboxylic acids is 1. The minimum absolute atomic E-state index is 0.139. The fraction of sp³-hybridized carbons (Fsp3) is 0.235. The summed E-state index contributed by atoms with van der Waals surface area (Å²) in [5, 5.41) is 12.5. The van der Waals surface area contributed by atoms with Crippen LogP contribution < -0.4 is 10.1 Å². The summed E-state index contributed by atoms with van der Waals surface area (Å²) in [6.07, 6.45) is 0. The van der Waals surface area contributed by atoms with Crippen molar-refractivity contribution in [2.45, 2.75) is 10.1 Å². The number of anilines is 1. The average molecular weight is 315 g/mol. The number of nitrogens with one attached hydrogen (secondary N) is 1. The maximum absolute atomic E-state index is 12.4. The van der Waals surface area contributed by atoms with Gasteiger partial charge in [-0.15, -0.1) is 11.8 Å². The molecule has 1 amide bonds. The zero-order chi connectivity index (χ0) is 15.5. The molecule has 22 heavy (non-hydrogen) atoms. The fourth-order valence-electron chi connectivity index (χ4n) is 2.53. The zero-order valence-corrected chi connectivity index (χ0v) is 13.0. The van der Waals surface area contributed by atoms with Crippen molar-refractivity contribution in [1.29, 1.82) is 0 Å². The lowest BCUT2D eigenvalue weighted by Gasteiger charge is -2.21. The van der Waals surface area contributed by atoms with E-state index in [0.29, 0.717) is 0 Å². The summed E-state index contributed by atoms with van der Waals surface area (Å²) in [6, 6.07) is 15.3. The van der Waals surface area contributed by atoms with E-state index in [-0.39, 0.29) is 17.8 Å². The molecule has 2 aromatic carbocycles. The quantitative estimate of drug-likeness (QED) is 0.914. The molecule has 0 fully saturated rings. The van der Waals surface area contributed by atoms with E-state index in [1.807, 2.05) is 48.5 Å². The normalized spacial score (nSPS) is 20.7. The topological polar surface area (TPSA) is 58.6 Å². The Morgan fingerprint density at radius 1 is 1.18 bits per heavy atom. The van der Waals surface area contributed by atoms with E-state index in [1.54, 1.807) is 18.9 Å². The van der Waals surface area contributed by atoms with Gasteiger partial charge in [0.2, 0.25) is 5.91 Å². The second-order valence-electron chi connectivity index (χ2n) is 5.09. The Bertz CT molecular complexity index is 672. The summed E-state index contributed by atoms with van der Waals surface area (Å²) in [5.74, 6) is 0.124. The maximum Gasteiger partial charge on any atom is 0.231 e. The van der Waals surface area contributed by atoms with Gasteiger partial charge in [-0.25, -0.2) is 0 Å². The van der Waals surface area contributed by atoms with E-state index in [4.69, 9.17) is 4.74 Å². The van der Waals surface area contributed by atoms with Crippen LogP contribution in [0.5, 0.6) is 5.75 Å². The highest BCUT2D eigenvalue weighted by Gasteiger charge is 2.33. The molecular formula is C17H17NO3S. The Labute approximate surface area is 133 Å². The molecule has 3 rings (SSSR count). The van der Waals surface area contributed by atoms with Crippen molar-refractivity contribution in [3.8, 4) is 5.75 Å². The van der Waals surface area contributed by atoms with Gasteiger partial charge in [0.25, 0.3) is 0 Å². The molecule has 5 heteroatoms. The Morgan fingerprint density at radius 3 is 2.59 bits per heavy atom. The number of amides is 1. The molecule has 0 radical (unpaired) electrons. The predicted molar refractivity (Wildman–Crippen MR) is 87.2 cm³/mol. The van der Waals surface area contributed by atoms with Crippen LogP contribution in [0.3, 0.4) is 0 Å². The van der Waals surface area contributed by atoms with Gasteiger partial charge in [0, 0.05) is 10.1 Å². The number of methoxy groups -OCH3 is 1. The molecule has 0 saturated carbocycles. The lowest BCUT2D eigenvalue weighted by atomic mass is 9.98. The number of aliphatic hydroxyl groups is 1. The Balaban J connectivity index is 2.00. The van der Waals surface area contributed by atoms with Crippen molar-refractivity contribution in [3.63, 3.8) is 0 Å². The molecule has 1 heterocycles. The van der Waals surface area contributed by atoms with E-state index in [2.05, 4.69) is 5.32 Å². The number of hydrogen-bond acceptors (Lipinski definition) is 4. The summed E-state index contributed by atoms with van der Waals surface area (Å²) in [6.45, 7) is -0.191. The second kappa shape index (κ2) is 6.42. The molecule has 2 unspecified atom stereocenters. The van der Waals surface area contributed by atoms with Gasteiger partial charge in [0.1, 0.15) is 5.75 Å². The lowest BCUT2D eigenvalue weighted by molar-refractivity contribution is -0.121. The summed E-state index contributed by atoms with van der Waals surface area (Å²) in [5.41, 5.74) is 1.80. The zero-order valence-electron chi connectivity index (χ0n) is 12.2. The first kappa shape index (κ1) is 14.9. The number of fused-ring (bicyclic) bond motifs is 1. The fourth-order valence-corrected chi connectivity index (χ4v) is 3.87. The van der Waals surface area contributed by atoms with Crippen LogP contribution >= 0.6 is 11.8 Å². The van der Waals surface area contributed by atoms with Gasteiger partial charge in [-0.05, 0) is 29.8 Å². The van der Waals surface area contributed by atoms with Crippen LogP contribution in [0.25, 0.3) is 0 Å². The third kappa shape index (κ3) is 2.82. The molecule has 2 N–H and O–H groups in total. The van der Waals surface area contributed by atoms with Gasteiger partial charge in [0.05, 0.1) is 25.3 Å². The van der Waals surface area contributed by atoms with Crippen LogP contribution in [0.4, 0.5) is 5.69 Å². The second-order valence-corrected chi connectivity index (χ2v) is 6.27. The molecule has 4 nitrogen and oxygen atoms in total. The van der Waals surface area contributed by atoms with Crippen LogP contribution in [0, 0.1) is 5.92 Å². The van der Waals surface area contributed by atoms with Crippen molar-refractivity contribution in [3.05, 3.63) is 54.1 Å². The first-order valence-corrected chi connectivity index (χ1v) is 7.92. The number of thioether (sulfide) groups is 1. The highest BCUT2D eigenvalue weighted by molar-refractivity contribution is 7.99. The minimum atomic E-state index is -0.495. The van der Waals surface area contributed by atoms with Crippen LogP contribution in [0.1, 0.15) is 10.8 Å². The first-order valence-electron chi connectivity index (χ1n) is 7.04. The van der Waals surface area contributed by atoms with Gasteiger partial charge in [-0.3, -0.25) is 4.79 Å². The Morgan fingerprint density at radius 2 is 1.91 bits per heavy atom. The van der Waals surface area contributed by atoms with Gasteiger partial charge in [0.15, 0.2) is 0 Å². The number of benzene rings is 2. The van der Waals surface area contributed by atoms with Crippen molar-refractivity contribution in [2.75, 3.05) is 19.0 Å². The summed E-state index contributed by atoms with van der Waals surface area (Å²) >= 11 is 1.60. The molecule has 0 aliphatic carbocycles. The van der Waals surface area contributed by atoms with E-state index in [9.17, 15) is 9.90 Å². The van der Waals surface area contributed by atoms with E-state index >= 15 is 0 Å². The van der Waals surface area contributed by atoms with Crippen LogP contribution in [0.2, 0.25) is 0 Å². The Hall–Kier alpha value is -1.98. The molecular weight excluding hydrogens is 298 g/mol. The molecule has 0 bridgehead atoms. The highest BCUT2D eigenvalue weighted by Crippen LogP contribution is 2.46. The van der Waals surface area contributed by atoms with E-state index < -0.39 is 5.92 Å². The van der Waals surface area contributed by atoms with Crippen molar-refractivity contribution in [1.82, 2.24) is 0 Å². The summed E-state index contributed by atoms with van der Waals surface area (Å²) < 4.78 is 5.18. The van der Waals surface area contributed by atoms with Crippen LogP contribution in [-0.2, 0) is 4.79 Å². The molecule has 2 atom stereocenters. The average Bonchev–Trinajstić information content (AvgIpc) is 2.70. The number of aliphatic hydroxyl groups excluding tert-OH is 1. The van der Waals surface area contributed by atoms with Gasteiger partial charge < -0.3 is 15.2 Å². The number of rotatable bonds is 3. The SMILES string of the molecule is COc1ccc(C2Sc3ccccc3NC(=O)C2CO)cc1. The monoisotopic (exact) mass is 315 g/mol. The third-order valence-corrected chi connectivity index (χ3v) is 5.21. The van der Waals surface area contributed by atoms with Gasteiger partial charge in [-0.2, -0.15) is 0 Å². The van der Waals surface area contributed by atoms with E-state index in [1.165, 1.54) is 0 Å². The van der Waals surface area contributed by atoms with Crippen molar-refractivity contribution < 1.29 is 14.6 Å². The van der Waals surface area contributed by atoms with Crippen LogP contribution in [0.15, 0.2) is 53.4 Å². The van der Waals surface area contributed by atoms with Crippen molar-refractivity contribution in [2.24, 2.45) is 5.92 Å². The molecule has 114 valence electrons. The van der Waals surface area contributed by atoms with Gasteiger partial charge >= 0.3 is 0 Å².